The van der Waals surface area contributed by atoms with E-state index in [4.69, 9.17) is 4.74 Å². The van der Waals surface area contributed by atoms with Crippen LogP contribution in [0.25, 0.3) is 0 Å². The van der Waals surface area contributed by atoms with Crippen LogP contribution in [0, 0.1) is 0 Å². The lowest BCUT2D eigenvalue weighted by Crippen LogP contribution is -2.42. The number of anilines is 1. The zero-order valence-corrected chi connectivity index (χ0v) is 13.1. The molecule has 1 aromatic rings. The Balaban J connectivity index is 1.90. The summed E-state index contributed by atoms with van der Waals surface area (Å²) in [6, 6.07) is 2.28. The fourth-order valence-corrected chi connectivity index (χ4v) is 2.59. The van der Waals surface area contributed by atoms with Gasteiger partial charge in [0.1, 0.15) is 16.2 Å². The number of ether oxygens (including phenoxy) is 1. The van der Waals surface area contributed by atoms with E-state index in [1.807, 2.05) is 6.07 Å². The van der Waals surface area contributed by atoms with Crippen molar-refractivity contribution in [3.05, 3.63) is 16.5 Å². The Morgan fingerprint density at radius 1 is 1.42 bits per heavy atom. The third-order valence-electron chi connectivity index (χ3n) is 3.09. The Kier molecular flexibility index (Phi) is 5.54. The van der Waals surface area contributed by atoms with Gasteiger partial charge < -0.3 is 10.1 Å². The smallest absolute Gasteiger partial charge is 0.131 e. The van der Waals surface area contributed by atoms with E-state index >= 15 is 0 Å². The average molecular weight is 329 g/mol. The van der Waals surface area contributed by atoms with E-state index in [-0.39, 0.29) is 0 Å². The van der Waals surface area contributed by atoms with Gasteiger partial charge >= 0.3 is 0 Å². The number of aromatic nitrogens is 2. The first-order valence-corrected chi connectivity index (χ1v) is 7.56. The molecule has 1 atom stereocenters. The Hall–Kier alpha value is -0.720. The van der Waals surface area contributed by atoms with Gasteiger partial charge in [-0.3, -0.25) is 4.90 Å². The third kappa shape index (κ3) is 4.71. The van der Waals surface area contributed by atoms with Crippen LogP contribution in [-0.4, -0.2) is 53.8 Å². The number of aryl methyl sites for hydroxylation is 1. The van der Waals surface area contributed by atoms with Crippen molar-refractivity contribution in [1.29, 1.82) is 0 Å². The number of rotatable bonds is 5. The molecule has 2 heterocycles. The predicted octanol–water partition coefficient (Wildman–Crippen LogP) is 1.93. The van der Waals surface area contributed by atoms with Gasteiger partial charge in [0, 0.05) is 38.2 Å². The molecule has 0 radical (unpaired) electrons. The summed E-state index contributed by atoms with van der Waals surface area (Å²) in [5.74, 6) is 1.75. The minimum Gasteiger partial charge on any atom is -0.379 e. The molecule has 1 aliphatic heterocycles. The van der Waals surface area contributed by atoms with Gasteiger partial charge in [0.2, 0.25) is 0 Å². The third-order valence-corrected chi connectivity index (χ3v) is 3.49. The van der Waals surface area contributed by atoms with E-state index in [9.17, 15) is 0 Å². The molecule has 1 N–H and O–H groups in total. The van der Waals surface area contributed by atoms with Gasteiger partial charge in [0.05, 0.1) is 13.2 Å². The summed E-state index contributed by atoms with van der Waals surface area (Å²) in [6.07, 6.45) is 0.839. The fraction of sp³-hybridized carbons (Fsp3) is 0.692. The Morgan fingerprint density at radius 3 is 2.84 bits per heavy atom. The lowest BCUT2D eigenvalue weighted by molar-refractivity contribution is 0.0368. The van der Waals surface area contributed by atoms with Crippen LogP contribution in [0.1, 0.15) is 19.7 Å². The highest BCUT2D eigenvalue weighted by Crippen LogP contribution is 2.14. The van der Waals surface area contributed by atoms with Crippen molar-refractivity contribution < 1.29 is 4.74 Å². The molecule has 1 aliphatic rings. The second-order valence-electron chi connectivity index (χ2n) is 4.80. The Morgan fingerprint density at radius 2 is 2.16 bits per heavy atom. The summed E-state index contributed by atoms with van der Waals surface area (Å²) >= 11 is 3.42. The topological polar surface area (TPSA) is 50.3 Å². The molecular weight excluding hydrogens is 308 g/mol. The van der Waals surface area contributed by atoms with Gasteiger partial charge in [-0.2, -0.15) is 0 Å². The predicted molar refractivity (Wildman–Crippen MR) is 79.5 cm³/mol. The monoisotopic (exact) mass is 328 g/mol. The van der Waals surface area contributed by atoms with Gasteiger partial charge in [-0.15, -0.1) is 0 Å². The van der Waals surface area contributed by atoms with Crippen LogP contribution in [0.2, 0.25) is 0 Å². The van der Waals surface area contributed by atoms with Crippen LogP contribution in [0.4, 0.5) is 5.82 Å². The average Bonchev–Trinajstić information content (AvgIpc) is 2.38. The lowest BCUT2D eigenvalue weighted by atomic mass is 10.3. The first kappa shape index (κ1) is 14.7. The van der Waals surface area contributed by atoms with Crippen molar-refractivity contribution in [2.24, 2.45) is 0 Å². The molecular formula is C13H21BrN4O. The summed E-state index contributed by atoms with van der Waals surface area (Å²) in [5, 5.41) is 3.44. The van der Waals surface area contributed by atoms with E-state index < -0.39 is 0 Å². The van der Waals surface area contributed by atoms with Crippen molar-refractivity contribution in [2.45, 2.75) is 26.3 Å². The number of morpholine rings is 1. The molecule has 5 nitrogen and oxygen atoms in total. The van der Waals surface area contributed by atoms with Crippen molar-refractivity contribution in [2.75, 3.05) is 38.2 Å². The summed E-state index contributed by atoms with van der Waals surface area (Å²) in [6.45, 7) is 8.95. The normalized spacial score (nSPS) is 18.3. The first-order chi connectivity index (χ1) is 9.17. The molecule has 1 saturated heterocycles. The molecule has 0 amide bonds. The van der Waals surface area contributed by atoms with E-state index in [0.717, 1.165) is 55.5 Å². The van der Waals surface area contributed by atoms with Gasteiger partial charge in [-0.25, -0.2) is 9.97 Å². The molecule has 0 spiro atoms. The van der Waals surface area contributed by atoms with Crippen molar-refractivity contribution >= 4 is 21.7 Å². The summed E-state index contributed by atoms with van der Waals surface area (Å²) in [7, 11) is 0. The van der Waals surface area contributed by atoms with Gasteiger partial charge in [-0.05, 0) is 22.9 Å². The second-order valence-corrected chi connectivity index (χ2v) is 5.62. The highest BCUT2D eigenvalue weighted by molar-refractivity contribution is 9.10. The zero-order chi connectivity index (χ0) is 13.7. The van der Waals surface area contributed by atoms with Crippen LogP contribution in [-0.2, 0) is 11.2 Å². The molecule has 1 aromatic heterocycles. The van der Waals surface area contributed by atoms with E-state index in [2.05, 4.69) is 50.0 Å². The van der Waals surface area contributed by atoms with E-state index in [1.54, 1.807) is 0 Å². The summed E-state index contributed by atoms with van der Waals surface area (Å²) in [4.78, 5) is 11.2. The lowest BCUT2D eigenvalue weighted by Gasteiger charge is -2.29. The zero-order valence-electron chi connectivity index (χ0n) is 11.5. The Labute approximate surface area is 122 Å². The molecule has 0 aromatic carbocycles. The molecule has 1 unspecified atom stereocenters. The number of halogens is 1. The van der Waals surface area contributed by atoms with Crippen LogP contribution < -0.4 is 5.32 Å². The number of nitrogens with zero attached hydrogens (tertiary/aromatic N) is 3. The minimum atomic E-state index is 0.351. The molecule has 6 heteroatoms. The number of nitrogens with one attached hydrogen (secondary N) is 1. The molecule has 0 bridgehead atoms. The maximum atomic E-state index is 5.36. The quantitative estimate of drug-likeness (QED) is 0.837. The van der Waals surface area contributed by atoms with Crippen molar-refractivity contribution in [3.8, 4) is 0 Å². The number of hydrogen-bond acceptors (Lipinski definition) is 5. The maximum absolute atomic E-state index is 5.36. The van der Waals surface area contributed by atoms with Crippen LogP contribution in [0.5, 0.6) is 0 Å². The first-order valence-electron chi connectivity index (χ1n) is 6.77. The highest BCUT2D eigenvalue weighted by atomic mass is 79.9. The van der Waals surface area contributed by atoms with Gasteiger partial charge in [0.15, 0.2) is 0 Å². The molecule has 106 valence electrons. The highest BCUT2D eigenvalue weighted by Gasteiger charge is 2.14. The van der Waals surface area contributed by atoms with E-state index in [1.165, 1.54) is 0 Å². The molecule has 0 aliphatic carbocycles. The van der Waals surface area contributed by atoms with Crippen LogP contribution in [0.15, 0.2) is 10.7 Å². The molecule has 2 rings (SSSR count). The Bertz CT molecular complexity index is 410. The standard InChI is InChI=1S/C13H21BrN4O/c1-3-12-16-11(14)8-13(17-12)15-10(2)9-18-4-6-19-7-5-18/h8,10H,3-7,9H2,1-2H3,(H,15,16,17). The molecule has 19 heavy (non-hydrogen) atoms. The molecule has 1 fully saturated rings. The van der Waals surface area contributed by atoms with Crippen molar-refractivity contribution in [1.82, 2.24) is 14.9 Å². The van der Waals surface area contributed by atoms with E-state index in [0.29, 0.717) is 6.04 Å². The second kappa shape index (κ2) is 7.17. The number of hydrogen-bond donors (Lipinski definition) is 1. The van der Waals surface area contributed by atoms with Crippen molar-refractivity contribution in [3.63, 3.8) is 0 Å². The summed E-state index contributed by atoms with van der Waals surface area (Å²) in [5.41, 5.74) is 0. The van der Waals surface area contributed by atoms with Crippen LogP contribution >= 0.6 is 15.9 Å². The molecule has 0 saturated carbocycles. The SMILES string of the molecule is CCc1nc(Br)cc(NC(C)CN2CCOCC2)n1. The van der Waals surface area contributed by atoms with Crippen LogP contribution in [0.3, 0.4) is 0 Å². The fourth-order valence-electron chi connectivity index (χ4n) is 2.17. The van der Waals surface area contributed by atoms with Gasteiger partial charge in [-0.1, -0.05) is 6.92 Å². The maximum Gasteiger partial charge on any atom is 0.131 e. The largest absolute Gasteiger partial charge is 0.379 e. The van der Waals surface area contributed by atoms with Gasteiger partial charge in [0.25, 0.3) is 0 Å². The summed E-state index contributed by atoms with van der Waals surface area (Å²) < 4.78 is 6.19. The minimum absolute atomic E-state index is 0.351.